The summed E-state index contributed by atoms with van der Waals surface area (Å²) in [7, 11) is 0. The molecule has 0 spiro atoms. The average molecular weight is 280 g/mol. The minimum atomic E-state index is -0.321. The van der Waals surface area contributed by atoms with E-state index in [0.717, 1.165) is 31.6 Å². The van der Waals surface area contributed by atoms with Crippen LogP contribution in [0.2, 0.25) is 0 Å². The predicted molar refractivity (Wildman–Crippen MR) is 80.0 cm³/mol. The number of hydrogen-bond donors (Lipinski definition) is 2. The highest BCUT2D eigenvalue weighted by Crippen LogP contribution is 2.38. The van der Waals surface area contributed by atoms with Crippen molar-refractivity contribution in [2.45, 2.75) is 46.1 Å². The van der Waals surface area contributed by atoms with E-state index in [2.05, 4.69) is 31.3 Å². The lowest BCUT2D eigenvalue weighted by Gasteiger charge is -2.37. The lowest BCUT2D eigenvalue weighted by atomic mass is 9.70. The van der Waals surface area contributed by atoms with Crippen molar-refractivity contribution in [2.24, 2.45) is 17.1 Å². The zero-order valence-corrected chi connectivity index (χ0v) is 12.7. The zero-order chi connectivity index (χ0) is 13.9. The molecule has 0 bridgehead atoms. The molecule has 1 aliphatic carbocycles. The van der Waals surface area contributed by atoms with E-state index in [1.54, 1.807) is 11.3 Å². The Hall–Kier alpha value is -0.870. The summed E-state index contributed by atoms with van der Waals surface area (Å²) in [5.74, 6) is 0.875. The van der Waals surface area contributed by atoms with Crippen LogP contribution in [0.25, 0.3) is 0 Å². The first kappa shape index (κ1) is 14.5. The lowest BCUT2D eigenvalue weighted by Crippen LogP contribution is -2.47. The molecule has 106 valence electrons. The maximum atomic E-state index is 12.5. The van der Waals surface area contributed by atoms with Gasteiger partial charge in [-0.3, -0.25) is 4.79 Å². The average Bonchev–Trinajstić information content (AvgIpc) is 2.83. The van der Waals surface area contributed by atoms with Crippen LogP contribution >= 0.6 is 11.3 Å². The summed E-state index contributed by atoms with van der Waals surface area (Å²) in [6.07, 6.45) is 4.09. The van der Waals surface area contributed by atoms with Crippen molar-refractivity contribution < 1.29 is 4.79 Å². The number of amides is 1. The zero-order valence-electron chi connectivity index (χ0n) is 11.9. The van der Waals surface area contributed by atoms with Crippen LogP contribution in [0, 0.1) is 18.3 Å². The van der Waals surface area contributed by atoms with E-state index in [1.165, 1.54) is 9.75 Å². The maximum Gasteiger partial charge on any atom is 0.227 e. The van der Waals surface area contributed by atoms with E-state index in [4.69, 9.17) is 5.73 Å². The number of hydrogen-bond acceptors (Lipinski definition) is 3. The number of aryl methyl sites for hydroxylation is 1. The molecule has 0 radical (unpaired) electrons. The van der Waals surface area contributed by atoms with E-state index in [-0.39, 0.29) is 11.3 Å². The van der Waals surface area contributed by atoms with Crippen LogP contribution in [0.4, 0.5) is 0 Å². The van der Waals surface area contributed by atoms with Crippen LogP contribution in [0.15, 0.2) is 12.1 Å². The van der Waals surface area contributed by atoms with Crippen molar-refractivity contribution in [1.29, 1.82) is 0 Å². The van der Waals surface area contributed by atoms with Crippen LogP contribution < -0.4 is 11.1 Å². The van der Waals surface area contributed by atoms with Crippen LogP contribution in [-0.2, 0) is 11.3 Å². The van der Waals surface area contributed by atoms with Crippen molar-refractivity contribution in [3.05, 3.63) is 21.9 Å². The van der Waals surface area contributed by atoms with Gasteiger partial charge in [0.05, 0.1) is 12.0 Å². The van der Waals surface area contributed by atoms with Gasteiger partial charge in [-0.1, -0.05) is 6.92 Å². The van der Waals surface area contributed by atoms with Gasteiger partial charge in [-0.2, -0.15) is 0 Å². The fourth-order valence-electron chi connectivity index (χ4n) is 2.77. The largest absolute Gasteiger partial charge is 0.351 e. The molecule has 1 saturated carbocycles. The normalized spacial score (nSPS) is 27.2. The van der Waals surface area contributed by atoms with Gasteiger partial charge in [0.15, 0.2) is 0 Å². The Morgan fingerprint density at radius 1 is 1.47 bits per heavy atom. The molecule has 1 aromatic rings. The monoisotopic (exact) mass is 280 g/mol. The van der Waals surface area contributed by atoms with Gasteiger partial charge in [0.25, 0.3) is 0 Å². The SMILES string of the molecule is Cc1ccc(CNC(=O)C2(CN)CCC(C)CC2)s1. The standard InChI is InChI=1S/C15H24N2OS/c1-11-5-7-15(10-16,8-6-11)14(18)17-9-13-4-3-12(2)19-13/h3-4,11H,5-10,16H2,1-2H3,(H,17,18). The molecule has 0 aliphatic heterocycles. The summed E-state index contributed by atoms with van der Waals surface area (Å²) in [5, 5.41) is 3.08. The molecule has 2 rings (SSSR count). The number of nitrogens with one attached hydrogen (secondary N) is 1. The summed E-state index contributed by atoms with van der Waals surface area (Å²) >= 11 is 1.74. The maximum absolute atomic E-state index is 12.5. The molecule has 3 N–H and O–H groups in total. The fourth-order valence-corrected chi connectivity index (χ4v) is 3.60. The van der Waals surface area contributed by atoms with Crippen LogP contribution in [0.3, 0.4) is 0 Å². The number of nitrogens with two attached hydrogens (primary N) is 1. The van der Waals surface area contributed by atoms with Crippen LogP contribution in [-0.4, -0.2) is 12.5 Å². The molecular formula is C15H24N2OS. The Kier molecular flexibility index (Phi) is 4.63. The summed E-state index contributed by atoms with van der Waals surface area (Å²) in [5.41, 5.74) is 5.58. The first-order chi connectivity index (χ1) is 9.05. The van der Waals surface area contributed by atoms with Gasteiger partial charge in [-0.15, -0.1) is 11.3 Å². The first-order valence-electron chi connectivity index (χ1n) is 7.09. The van der Waals surface area contributed by atoms with Gasteiger partial charge >= 0.3 is 0 Å². The quantitative estimate of drug-likeness (QED) is 0.891. The van der Waals surface area contributed by atoms with Gasteiger partial charge in [0.1, 0.15) is 0 Å². The van der Waals surface area contributed by atoms with E-state index in [0.29, 0.717) is 13.1 Å². The molecule has 1 aliphatic rings. The van der Waals surface area contributed by atoms with Crippen molar-refractivity contribution in [1.82, 2.24) is 5.32 Å². The van der Waals surface area contributed by atoms with Gasteiger partial charge in [0.2, 0.25) is 5.91 Å². The fraction of sp³-hybridized carbons (Fsp3) is 0.667. The smallest absolute Gasteiger partial charge is 0.227 e. The molecule has 0 saturated heterocycles. The second kappa shape index (κ2) is 6.06. The van der Waals surface area contributed by atoms with E-state index in [1.807, 2.05) is 0 Å². The Balaban J connectivity index is 1.93. The predicted octanol–water partition coefficient (Wildman–Crippen LogP) is 2.83. The minimum absolute atomic E-state index is 0.146. The Morgan fingerprint density at radius 2 is 2.16 bits per heavy atom. The molecule has 1 aromatic heterocycles. The summed E-state index contributed by atoms with van der Waals surface area (Å²) in [6.45, 7) is 5.44. The summed E-state index contributed by atoms with van der Waals surface area (Å²) < 4.78 is 0. The van der Waals surface area contributed by atoms with Gasteiger partial charge in [-0.05, 0) is 50.7 Å². The van der Waals surface area contributed by atoms with Crippen LogP contribution in [0.1, 0.15) is 42.4 Å². The van der Waals surface area contributed by atoms with Crippen molar-refractivity contribution >= 4 is 17.2 Å². The second-order valence-corrected chi connectivity index (χ2v) is 7.23. The first-order valence-corrected chi connectivity index (χ1v) is 7.91. The molecule has 4 heteroatoms. The number of carbonyl (C=O) groups excluding carboxylic acids is 1. The van der Waals surface area contributed by atoms with E-state index < -0.39 is 0 Å². The Bertz CT molecular complexity index is 433. The molecule has 19 heavy (non-hydrogen) atoms. The number of thiophene rings is 1. The Morgan fingerprint density at radius 3 is 2.68 bits per heavy atom. The molecule has 0 aromatic carbocycles. The second-order valence-electron chi connectivity index (χ2n) is 5.86. The molecule has 1 heterocycles. The van der Waals surface area contributed by atoms with Gasteiger partial charge in [-0.25, -0.2) is 0 Å². The molecule has 3 nitrogen and oxygen atoms in total. The van der Waals surface area contributed by atoms with E-state index in [9.17, 15) is 4.79 Å². The molecule has 1 amide bonds. The summed E-state index contributed by atoms with van der Waals surface area (Å²) in [6, 6.07) is 4.17. The molecule has 0 unspecified atom stereocenters. The molecule has 1 fully saturated rings. The van der Waals surface area contributed by atoms with Crippen LogP contribution in [0.5, 0.6) is 0 Å². The van der Waals surface area contributed by atoms with Crippen molar-refractivity contribution in [3.8, 4) is 0 Å². The topological polar surface area (TPSA) is 55.1 Å². The third kappa shape index (κ3) is 3.37. The summed E-state index contributed by atoms with van der Waals surface area (Å²) in [4.78, 5) is 14.9. The Labute approximate surface area is 119 Å². The van der Waals surface area contributed by atoms with Gasteiger partial charge in [0, 0.05) is 16.3 Å². The molecular weight excluding hydrogens is 256 g/mol. The highest BCUT2D eigenvalue weighted by atomic mass is 32.1. The highest BCUT2D eigenvalue weighted by molar-refractivity contribution is 7.11. The third-order valence-corrected chi connectivity index (χ3v) is 5.32. The van der Waals surface area contributed by atoms with Crippen molar-refractivity contribution in [2.75, 3.05) is 6.54 Å². The molecule has 0 atom stereocenters. The van der Waals surface area contributed by atoms with Crippen molar-refractivity contribution in [3.63, 3.8) is 0 Å². The van der Waals surface area contributed by atoms with Gasteiger partial charge < -0.3 is 11.1 Å². The highest BCUT2D eigenvalue weighted by Gasteiger charge is 2.39. The van der Waals surface area contributed by atoms with E-state index >= 15 is 0 Å². The third-order valence-electron chi connectivity index (χ3n) is 4.32. The number of rotatable bonds is 4. The lowest BCUT2D eigenvalue weighted by molar-refractivity contribution is -0.133. The minimum Gasteiger partial charge on any atom is -0.351 e. The number of carbonyl (C=O) groups is 1.